The predicted octanol–water partition coefficient (Wildman–Crippen LogP) is 1.06. The Morgan fingerprint density at radius 2 is 2.00 bits per heavy atom. The van der Waals surface area contributed by atoms with E-state index in [2.05, 4.69) is 18.7 Å². The van der Waals surface area contributed by atoms with Gasteiger partial charge in [-0.1, -0.05) is 13.8 Å². The van der Waals surface area contributed by atoms with Crippen LogP contribution in [0.1, 0.15) is 39.5 Å². The van der Waals surface area contributed by atoms with Crippen LogP contribution in [0.25, 0.3) is 0 Å². The van der Waals surface area contributed by atoms with Crippen LogP contribution in [0.5, 0.6) is 0 Å². The van der Waals surface area contributed by atoms with E-state index in [0.29, 0.717) is 6.04 Å². The van der Waals surface area contributed by atoms with Gasteiger partial charge in [0.25, 0.3) is 0 Å². The number of rotatable bonds is 6. The summed E-state index contributed by atoms with van der Waals surface area (Å²) in [4.78, 5) is 16.1. The highest BCUT2D eigenvalue weighted by molar-refractivity contribution is 5.78. The van der Waals surface area contributed by atoms with Crippen LogP contribution in [-0.4, -0.2) is 54.5 Å². The molecule has 0 aliphatic carbocycles. The van der Waals surface area contributed by atoms with E-state index in [1.54, 1.807) is 0 Å². The zero-order valence-corrected chi connectivity index (χ0v) is 11.3. The standard InChI is InChI=1S/C13H27N3O/c1-3-7-15(8-4-2)12-6-5-9-16(11-12)13(17)10-14/h12H,3-11,14H2,1-2H3. The SMILES string of the molecule is CCCN(CCC)C1CCCN(C(=O)CN)C1. The minimum Gasteiger partial charge on any atom is -0.340 e. The van der Waals surface area contributed by atoms with Gasteiger partial charge in [-0.15, -0.1) is 0 Å². The molecule has 0 radical (unpaired) electrons. The van der Waals surface area contributed by atoms with Crippen LogP contribution in [-0.2, 0) is 4.79 Å². The Morgan fingerprint density at radius 3 is 2.53 bits per heavy atom. The first-order chi connectivity index (χ1) is 8.22. The highest BCUT2D eigenvalue weighted by Crippen LogP contribution is 2.16. The molecule has 0 spiro atoms. The smallest absolute Gasteiger partial charge is 0.236 e. The maximum absolute atomic E-state index is 11.6. The molecule has 1 rings (SSSR count). The quantitative estimate of drug-likeness (QED) is 0.756. The Labute approximate surface area is 105 Å². The van der Waals surface area contributed by atoms with Gasteiger partial charge in [0.2, 0.25) is 5.91 Å². The van der Waals surface area contributed by atoms with Crippen LogP contribution in [0.15, 0.2) is 0 Å². The van der Waals surface area contributed by atoms with Gasteiger partial charge in [-0.3, -0.25) is 9.69 Å². The zero-order valence-electron chi connectivity index (χ0n) is 11.3. The van der Waals surface area contributed by atoms with E-state index in [9.17, 15) is 4.79 Å². The minimum absolute atomic E-state index is 0.0997. The molecule has 1 amide bonds. The molecule has 0 aromatic heterocycles. The number of likely N-dealkylation sites (tertiary alicyclic amines) is 1. The number of carbonyl (C=O) groups excluding carboxylic acids is 1. The number of carbonyl (C=O) groups is 1. The highest BCUT2D eigenvalue weighted by Gasteiger charge is 2.26. The van der Waals surface area contributed by atoms with Crippen molar-refractivity contribution in [3.8, 4) is 0 Å². The molecule has 1 atom stereocenters. The van der Waals surface area contributed by atoms with Gasteiger partial charge >= 0.3 is 0 Å². The molecule has 0 saturated carbocycles. The van der Waals surface area contributed by atoms with Crippen LogP contribution < -0.4 is 5.73 Å². The second-order valence-corrected chi connectivity index (χ2v) is 4.88. The highest BCUT2D eigenvalue weighted by atomic mass is 16.2. The zero-order chi connectivity index (χ0) is 12.7. The summed E-state index contributed by atoms with van der Waals surface area (Å²) in [5.74, 6) is 0.0997. The average Bonchev–Trinajstić information content (AvgIpc) is 2.37. The summed E-state index contributed by atoms with van der Waals surface area (Å²) in [6, 6.07) is 0.541. The van der Waals surface area contributed by atoms with Gasteiger partial charge in [-0.2, -0.15) is 0 Å². The van der Waals surface area contributed by atoms with Crippen molar-refractivity contribution in [2.45, 2.75) is 45.6 Å². The van der Waals surface area contributed by atoms with Gasteiger partial charge in [0.15, 0.2) is 0 Å². The summed E-state index contributed by atoms with van der Waals surface area (Å²) in [5, 5.41) is 0. The normalized spacial score (nSPS) is 20.9. The third-order valence-electron chi connectivity index (χ3n) is 3.46. The Balaban J connectivity index is 2.53. The fourth-order valence-corrected chi connectivity index (χ4v) is 2.66. The van der Waals surface area contributed by atoms with Crippen molar-refractivity contribution in [3.05, 3.63) is 0 Å². The Bertz CT molecular complexity index is 227. The van der Waals surface area contributed by atoms with Crippen LogP contribution in [0.4, 0.5) is 0 Å². The number of nitrogens with two attached hydrogens (primary N) is 1. The van der Waals surface area contributed by atoms with E-state index in [1.165, 1.54) is 19.3 Å². The summed E-state index contributed by atoms with van der Waals surface area (Å²) in [6.45, 7) is 8.62. The maximum Gasteiger partial charge on any atom is 0.236 e. The summed E-state index contributed by atoms with van der Waals surface area (Å²) in [6.07, 6.45) is 4.69. The van der Waals surface area contributed by atoms with Gasteiger partial charge in [0.1, 0.15) is 0 Å². The van der Waals surface area contributed by atoms with Crippen LogP contribution in [0.3, 0.4) is 0 Å². The van der Waals surface area contributed by atoms with Crippen LogP contribution >= 0.6 is 0 Å². The van der Waals surface area contributed by atoms with E-state index in [0.717, 1.165) is 32.6 Å². The fraction of sp³-hybridized carbons (Fsp3) is 0.923. The molecule has 4 heteroatoms. The number of amides is 1. The molecular formula is C13H27N3O. The second-order valence-electron chi connectivity index (χ2n) is 4.88. The van der Waals surface area contributed by atoms with Crippen molar-refractivity contribution < 1.29 is 4.79 Å². The minimum atomic E-state index is 0.0997. The molecule has 1 unspecified atom stereocenters. The lowest BCUT2D eigenvalue weighted by Crippen LogP contribution is -2.51. The largest absolute Gasteiger partial charge is 0.340 e. The lowest BCUT2D eigenvalue weighted by molar-refractivity contribution is -0.131. The summed E-state index contributed by atoms with van der Waals surface area (Å²) in [7, 11) is 0. The first kappa shape index (κ1) is 14.5. The second kappa shape index (κ2) is 7.67. The van der Waals surface area contributed by atoms with Gasteiger partial charge < -0.3 is 10.6 Å². The molecule has 1 fully saturated rings. The average molecular weight is 241 g/mol. The first-order valence-corrected chi connectivity index (χ1v) is 6.94. The number of hydrogen-bond acceptors (Lipinski definition) is 3. The summed E-state index contributed by atoms with van der Waals surface area (Å²) in [5.41, 5.74) is 5.44. The van der Waals surface area contributed by atoms with Crippen molar-refractivity contribution in [2.75, 3.05) is 32.7 Å². The van der Waals surface area contributed by atoms with Crippen molar-refractivity contribution in [1.82, 2.24) is 9.80 Å². The Kier molecular flexibility index (Phi) is 6.52. The molecule has 1 heterocycles. The molecule has 1 saturated heterocycles. The van der Waals surface area contributed by atoms with Crippen LogP contribution in [0.2, 0.25) is 0 Å². The molecule has 4 nitrogen and oxygen atoms in total. The topological polar surface area (TPSA) is 49.6 Å². The van der Waals surface area contributed by atoms with Crippen LogP contribution in [0, 0.1) is 0 Å². The molecule has 0 bridgehead atoms. The van der Waals surface area contributed by atoms with E-state index in [1.807, 2.05) is 4.90 Å². The Hall–Kier alpha value is -0.610. The number of nitrogens with zero attached hydrogens (tertiary/aromatic N) is 2. The molecule has 1 aliphatic heterocycles. The van der Waals surface area contributed by atoms with Gasteiger partial charge in [0.05, 0.1) is 6.54 Å². The first-order valence-electron chi connectivity index (χ1n) is 6.94. The number of hydrogen-bond donors (Lipinski definition) is 1. The molecule has 0 aromatic rings. The van der Waals surface area contributed by atoms with E-state index in [4.69, 9.17) is 5.73 Å². The van der Waals surface area contributed by atoms with E-state index < -0.39 is 0 Å². The molecule has 2 N–H and O–H groups in total. The molecule has 17 heavy (non-hydrogen) atoms. The third kappa shape index (κ3) is 4.28. The van der Waals surface area contributed by atoms with Gasteiger partial charge in [0, 0.05) is 19.1 Å². The number of piperidine rings is 1. The summed E-state index contributed by atoms with van der Waals surface area (Å²) < 4.78 is 0. The monoisotopic (exact) mass is 241 g/mol. The van der Waals surface area contributed by atoms with Crippen molar-refractivity contribution >= 4 is 5.91 Å². The van der Waals surface area contributed by atoms with Crippen molar-refractivity contribution in [2.24, 2.45) is 5.73 Å². The van der Waals surface area contributed by atoms with Crippen molar-refractivity contribution in [3.63, 3.8) is 0 Å². The van der Waals surface area contributed by atoms with E-state index >= 15 is 0 Å². The van der Waals surface area contributed by atoms with Gasteiger partial charge in [-0.05, 0) is 38.8 Å². The lowest BCUT2D eigenvalue weighted by Gasteiger charge is -2.39. The van der Waals surface area contributed by atoms with E-state index in [-0.39, 0.29) is 12.5 Å². The van der Waals surface area contributed by atoms with Gasteiger partial charge in [-0.25, -0.2) is 0 Å². The van der Waals surface area contributed by atoms with Crippen molar-refractivity contribution in [1.29, 1.82) is 0 Å². The molecular weight excluding hydrogens is 214 g/mol. The predicted molar refractivity (Wildman–Crippen MR) is 70.8 cm³/mol. The summed E-state index contributed by atoms with van der Waals surface area (Å²) >= 11 is 0. The molecule has 1 aliphatic rings. The third-order valence-corrected chi connectivity index (χ3v) is 3.46. The molecule has 0 aromatic carbocycles. The lowest BCUT2D eigenvalue weighted by atomic mass is 10.0. The molecule has 100 valence electrons. The Morgan fingerprint density at radius 1 is 1.35 bits per heavy atom. The fourth-order valence-electron chi connectivity index (χ4n) is 2.66. The maximum atomic E-state index is 11.6.